The normalized spacial score (nSPS) is 9.76. The first kappa shape index (κ1) is 22.2. The van der Waals surface area contributed by atoms with Crippen molar-refractivity contribution in [3.05, 3.63) is 23.0 Å². The van der Waals surface area contributed by atoms with Gasteiger partial charge in [-0.1, -0.05) is 0 Å². The van der Waals surface area contributed by atoms with Crippen molar-refractivity contribution in [3.8, 4) is 5.75 Å². The molecule has 122 valence electrons. The Kier molecular flexibility index (Phi) is 11.2. The van der Waals surface area contributed by atoms with Gasteiger partial charge in [-0.15, -0.1) is 24.8 Å². The molecule has 0 radical (unpaired) electrons. The molecule has 0 aliphatic carbocycles. The summed E-state index contributed by atoms with van der Waals surface area (Å²) in [6, 6.07) is 0. The van der Waals surface area contributed by atoms with Crippen molar-refractivity contribution in [2.75, 3.05) is 20.6 Å². The monoisotopic (exact) mass is 340 g/mol. The number of hydrazine groups is 1. The van der Waals surface area contributed by atoms with E-state index in [1.165, 1.54) is 6.20 Å². The number of aromatic nitrogens is 1. The number of aliphatic hydroxyl groups is 1. The minimum absolute atomic E-state index is 0. The number of hydrogen-bond acceptors (Lipinski definition) is 6. The first-order chi connectivity index (χ1) is 8.95. The summed E-state index contributed by atoms with van der Waals surface area (Å²) in [6.45, 7) is 1.93. The van der Waals surface area contributed by atoms with Crippen LogP contribution in [0.5, 0.6) is 5.75 Å². The third-order valence-electron chi connectivity index (χ3n) is 2.55. The van der Waals surface area contributed by atoms with Gasteiger partial charge in [0.15, 0.2) is 0 Å². The summed E-state index contributed by atoms with van der Waals surface area (Å²) in [5, 5.41) is 19.1. The fourth-order valence-corrected chi connectivity index (χ4v) is 1.58. The summed E-state index contributed by atoms with van der Waals surface area (Å²) in [5.74, 6) is -0.151. The molecule has 1 aromatic rings. The van der Waals surface area contributed by atoms with Gasteiger partial charge in [0, 0.05) is 23.9 Å². The van der Waals surface area contributed by atoms with E-state index < -0.39 is 0 Å². The Balaban J connectivity index is 0. The molecule has 0 spiro atoms. The maximum absolute atomic E-state index is 11.4. The third kappa shape index (κ3) is 6.92. The Labute approximate surface area is 136 Å². The van der Waals surface area contributed by atoms with E-state index in [2.05, 4.69) is 15.8 Å². The standard InChI is InChI=1S/C12H20N4O3.2ClH/c1-8-12(19)10(9(7-17)4-13-8)5-14-15-11(18)6-16(2)3;;/h4,14,17,19H,5-7H2,1-3H3,(H,15,18);2*1H. The zero-order chi connectivity index (χ0) is 14.4. The summed E-state index contributed by atoms with van der Waals surface area (Å²) >= 11 is 0. The van der Waals surface area contributed by atoms with Crippen LogP contribution in [-0.4, -0.2) is 46.6 Å². The Bertz CT molecular complexity index is 458. The molecule has 9 heteroatoms. The molecule has 0 fully saturated rings. The lowest BCUT2D eigenvalue weighted by Crippen LogP contribution is -2.41. The van der Waals surface area contributed by atoms with E-state index in [0.29, 0.717) is 16.8 Å². The second-order valence-corrected chi connectivity index (χ2v) is 4.49. The number of hydrogen-bond donors (Lipinski definition) is 4. The van der Waals surface area contributed by atoms with Crippen molar-refractivity contribution in [1.82, 2.24) is 20.7 Å². The molecule has 0 bridgehead atoms. The molecule has 7 nitrogen and oxygen atoms in total. The largest absolute Gasteiger partial charge is 0.506 e. The molecule has 1 heterocycles. The van der Waals surface area contributed by atoms with E-state index in [9.17, 15) is 15.0 Å². The fraction of sp³-hybridized carbons (Fsp3) is 0.500. The second kappa shape index (κ2) is 10.6. The molecule has 0 atom stereocenters. The molecule has 0 aliphatic rings. The minimum atomic E-state index is -0.219. The van der Waals surface area contributed by atoms with Crippen molar-refractivity contribution in [2.45, 2.75) is 20.1 Å². The Morgan fingerprint density at radius 3 is 2.52 bits per heavy atom. The van der Waals surface area contributed by atoms with E-state index in [-0.39, 0.29) is 56.2 Å². The van der Waals surface area contributed by atoms with Crippen LogP contribution in [-0.2, 0) is 17.9 Å². The van der Waals surface area contributed by atoms with Crippen LogP contribution < -0.4 is 10.9 Å². The van der Waals surface area contributed by atoms with E-state index >= 15 is 0 Å². The van der Waals surface area contributed by atoms with Gasteiger partial charge in [-0.2, -0.15) is 0 Å². The number of rotatable bonds is 6. The van der Waals surface area contributed by atoms with Crippen LogP contribution in [0.15, 0.2) is 6.20 Å². The van der Waals surface area contributed by atoms with Gasteiger partial charge in [0.1, 0.15) is 5.75 Å². The van der Waals surface area contributed by atoms with Crippen LogP contribution in [0.25, 0.3) is 0 Å². The number of nitrogens with one attached hydrogen (secondary N) is 2. The summed E-state index contributed by atoms with van der Waals surface area (Å²) in [5.41, 5.74) is 6.77. The average Bonchev–Trinajstić information content (AvgIpc) is 2.34. The molecule has 0 aliphatic heterocycles. The Morgan fingerprint density at radius 2 is 2.00 bits per heavy atom. The first-order valence-electron chi connectivity index (χ1n) is 5.89. The topological polar surface area (TPSA) is 97.7 Å². The van der Waals surface area contributed by atoms with Gasteiger partial charge in [0.2, 0.25) is 5.91 Å². The molecular weight excluding hydrogens is 319 g/mol. The van der Waals surface area contributed by atoms with Gasteiger partial charge in [-0.05, 0) is 21.0 Å². The molecular formula is C12H22Cl2N4O3. The van der Waals surface area contributed by atoms with Crippen molar-refractivity contribution in [3.63, 3.8) is 0 Å². The van der Waals surface area contributed by atoms with Gasteiger partial charge >= 0.3 is 0 Å². The number of carbonyl (C=O) groups is 1. The van der Waals surface area contributed by atoms with E-state index in [0.717, 1.165) is 0 Å². The SMILES string of the molecule is Cc1ncc(CO)c(CNNC(=O)CN(C)C)c1O.Cl.Cl. The molecule has 1 amide bonds. The highest BCUT2D eigenvalue weighted by Gasteiger charge is 2.11. The summed E-state index contributed by atoms with van der Waals surface area (Å²) in [4.78, 5) is 17.1. The predicted molar refractivity (Wildman–Crippen MR) is 84.6 cm³/mol. The number of amides is 1. The third-order valence-corrected chi connectivity index (χ3v) is 2.55. The van der Waals surface area contributed by atoms with Crippen molar-refractivity contribution in [1.29, 1.82) is 0 Å². The van der Waals surface area contributed by atoms with E-state index in [1.807, 2.05) is 0 Å². The highest BCUT2D eigenvalue weighted by molar-refractivity contribution is 5.85. The van der Waals surface area contributed by atoms with Gasteiger partial charge in [0.05, 0.1) is 18.8 Å². The Morgan fingerprint density at radius 1 is 1.38 bits per heavy atom. The number of nitrogens with zero attached hydrogens (tertiary/aromatic N) is 2. The lowest BCUT2D eigenvalue weighted by Gasteiger charge is -2.14. The predicted octanol–water partition coefficient (Wildman–Crippen LogP) is 0.114. The molecule has 4 N–H and O–H groups in total. The van der Waals surface area contributed by atoms with Gasteiger partial charge in [-0.25, -0.2) is 5.43 Å². The maximum Gasteiger partial charge on any atom is 0.248 e. The highest BCUT2D eigenvalue weighted by atomic mass is 35.5. The zero-order valence-electron chi connectivity index (χ0n) is 12.2. The smallest absolute Gasteiger partial charge is 0.248 e. The van der Waals surface area contributed by atoms with Crippen LogP contribution in [0, 0.1) is 6.92 Å². The fourth-order valence-electron chi connectivity index (χ4n) is 1.58. The molecule has 0 saturated carbocycles. The van der Waals surface area contributed by atoms with Crippen LogP contribution >= 0.6 is 24.8 Å². The number of carbonyl (C=O) groups excluding carboxylic acids is 1. The molecule has 1 rings (SSSR count). The highest BCUT2D eigenvalue weighted by Crippen LogP contribution is 2.23. The molecule has 21 heavy (non-hydrogen) atoms. The van der Waals surface area contributed by atoms with Gasteiger partial charge in [-0.3, -0.25) is 15.2 Å². The molecule has 0 aromatic carbocycles. The number of likely N-dealkylation sites (N-methyl/N-ethyl adjacent to an activating group) is 1. The van der Waals surface area contributed by atoms with Crippen LogP contribution in [0.3, 0.4) is 0 Å². The number of aliphatic hydroxyl groups excluding tert-OH is 1. The van der Waals surface area contributed by atoms with Gasteiger partial charge < -0.3 is 15.1 Å². The summed E-state index contributed by atoms with van der Waals surface area (Å²) < 4.78 is 0. The lowest BCUT2D eigenvalue weighted by molar-refractivity contribution is -0.122. The van der Waals surface area contributed by atoms with Crippen LogP contribution in [0.2, 0.25) is 0 Å². The molecule has 1 aromatic heterocycles. The van der Waals surface area contributed by atoms with Crippen molar-refractivity contribution < 1.29 is 15.0 Å². The van der Waals surface area contributed by atoms with Gasteiger partial charge in [0.25, 0.3) is 0 Å². The number of halogens is 2. The Hall–Kier alpha value is -1.12. The van der Waals surface area contributed by atoms with Crippen LogP contribution in [0.1, 0.15) is 16.8 Å². The zero-order valence-corrected chi connectivity index (χ0v) is 13.8. The summed E-state index contributed by atoms with van der Waals surface area (Å²) in [7, 11) is 3.59. The lowest BCUT2D eigenvalue weighted by atomic mass is 10.1. The average molecular weight is 341 g/mol. The molecule has 0 unspecified atom stereocenters. The number of aromatic hydroxyl groups is 1. The van der Waals surface area contributed by atoms with Crippen molar-refractivity contribution >= 4 is 30.7 Å². The number of pyridine rings is 1. The van der Waals surface area contributed by atoms with E-state index in [1.54, 1.807) is 25.9 Å². The van der Waals surface area contributed by atoms with Crippen LogP contribution in [0.4, 0.5) is 0 Å². The number of aryl methyl sites for hydroxylation is 1. The summed E-state index contributed by atoms with van der Waals surface area (Å²) in [6.07, 6.45) is 1.51. The second-order valence-electron chi connectivity index (χ2n) is 4.49. The van der Waals surface area contributed by atoms with Crippen molar-refractivity contribution in [2.24, 2.45) is 0 Å². The first-order valence-corrected chi connectivity index (χ1v) is 5.89. The van der Waals surface area contributed by atoms with E-state index in [4.69, 9.17) is 0 Å². The quantitative estimate of drug-likeness (QED) is 0.549. The maximum atomic E-state index is 11.4. The minimum Gasteiger partial charge on any atom is -0.506 e. The molecule has 0 saturated heterocycles.